The first-order chi connectivity index (χ1) is 5.93. The lowest BCUT2D eigenvalue weighted by atomic mass is 10.4. The van der Waals surface area contributed by atoms with Crippen molar-refractivity contribution in [2.24, 2.45) is 0 Å². The summed E-state index contributed by atoms with van der Waals surface area (Å²) in [6.07, 6.45) is 6.80. The van der Waals surface area contributed by atoms with E-state index < -0.39 is 0 Å². The van der Waals surface area contributed by atoms with E-state index in [0.717, 1.165) is 6.42 Å². The number of hydrogen-bond acceptors (Lipinski definition) is 0. The molecule has 2 aromatic heterocycles. The minimum absolute atomic E-state index is 0. The van der Waals surface area contributed by atoms with Crippen LogP contribution in [0.4, 0.5) is 0 Å². The molecule has 2 nitrogen and oxygen atoms in total. The molecule has 2 rings (SSSR count). The molecule has 0 aromatic carbocycles. The van der Waals surface area contributed by atoms with Crippen LogP contribution < -0.4 is 0 Å². The summed E-state index contributed by atoms with van der Waals surface area (Å²) in [5.74, 6) is 0. The fourth-order valence-corrected chi connectivity index (χ4v) is 0.865. The topological polar surface area (TPSA) is 31.6 Å². The zero-order chi connectivity index (χ0) is 8.65. The summed E-state index contributed by atoms with van der Waals surface area (Å²) in [4.78, 5) is 5.95. The van der Waals surface area contributed by atoms with Gasteiger partial charge >= 0.3 is 0 Å². The minimum atomic E-state index is 0. The second-order valence-corrected chi connectivity index (χ2v) is 2.43. The second kappa shape index (κ2) is 7.22. The zero-order valence-electron chi connectivity index (χ0n) is 7.25. The Morgan fingerprint density at radius 2 is 1.77 bits per heavy atom. The Kier molecular flexibility index (Phi) is 6.42. The lowest BCUT2D eigenvalue weighted by Crippen LogP contribution is -1.73. The first-order valence-electron chi connectivity index (χ1n) is 4.13. The quantitative estimate of drug-likeness (QED) is 0.672. The third-order valence-electron chi connectivity index (χ3n) is 1.54. The Morgan fingerprint density at radius 1 is 1.08 bits per heavy atom. The largest absolute Gasteiger partial charge is 0.368 e. The maximum Gasteiger partial charge on any atom is 0.0144 e. The summed E-state index contributed by atoms with van der Waals surface area (Å²) in [5.41, 5.74) is 1.31. The predicted molar refractivity (Wildman–Crippen MR) is 57.7 cm³/mol. The number of rotatable bonds is 1. The van der Waals surface area contributed by atoms with E-state index in [1.54, 1.807) is 0 Å². The molecule has 13 heavy (non-hydrogen) atoms. The second-order valence-electron chi connectivity index (χ2n) is 2.43. The highest BCUT2D eigenvalue weighted by molar-refractivity contribution is 5.02. The SMILES string of the molecule is C.CCc1ccc[nH]1.c1cc[nH]c1. The molecule has 0 aliphatic carbocycles. The van der Waals surface area contributed by atoms with E-state index in [9.17, 15) is 0 Å². The zero-order valence-corrected chi connectivity index (χ0v) is 7.25. The highest BCUT2D eigenvalue weighted by atomic mass is 14.7. The molecule has 0 atom stereocenters. The molecular formula is C11H18N2. The van der Waals surface area contributed by atoms with Crippen LogP contribution in [0.3, 0.4) is 0 Å². The lowest BCUT2D eigenvalue weighted by molar-refractivity contribution is 1.06. The Hall–Kier alpha value is -1.44. The van der Waals surface area contributed by atoms with Gasteiger partial charge in [-0.15, -0.1) is 0 Å². The molecular weight excluding hydrogens is 160 g/mol. The Morgan fingerprint density at radius 3 is 2.00 bits per heavy atom. The van der Waals surface area contributed by atoms with Gasteiger partial charge in [-0.3, -0.25) is 0 Å². The molecule has 2 heterocycles. The maximum atomic E-state index is 3.09. The third-order valence-corrected chi connectivity index (χ3v) is 1.54. The molecule has 0 aliphatic rings. The van der Waals surface area contributed by atoms with Crippen LogP contribution in [0.25, 0.3) is 0 Å². The number of aromatic nitrogens is 2. The lowest BCUT2D eigenvalue weighted by Gasteiger charge is -1.81. The van der Waals surface area contributed by atoms with Crippen molar-refractivity contribution in [2.75, 3.05) is 0 Å². The normalized spacial score (nSPS) is 8.08. The van der Waals surface area contributed by atoms with Crippen molar-refractivity contribution in [3.63, 3.8) is 0 Å². The van der Waals surface area contributed by atoms with Crippen LogP contribution in [0.1, 0.15) is 20.0 Å². The number of H-pyrrole nitrogens is 2. The van der Waals surface area contributed by atoms with Gasteiger partial charge in [0, 0.05) is 24.3 Å². The highest BCUT2D eigenvalue weighted by Gasteiger charge is 1.80. The van der Waals surface area contributed by atoms with E-state index in [1.165, 1.54) is 5.69 Å². The highest BCUT2D eigenvalue weighted by Crippen LogP contribution is 1.92. The molecule has 0 saturated heterocycles. The average Bonchev–Trinajstić information content (AvgIpc) is 2.81. The number of aromatic amines is 2. The number of aryl methyl sites for hydroxylation is 1. The Balaban J connectivity index is 0.000000215. The Bertz CT molecular complexity index is 239. The molecule has 0 fully saturated rings. The van der Waals surface area contributed by atoms with Gasteiger partial charge < -0.3 is 9.97 Å². The van der Waals surface area contributed by atoms with Gasteiger partial charge in [-0.25, -0.2) is 0 Å². The van der Waals surface area contributed by atoms with Crippen molar-refractivity contribution < 1.29 is 0 Å². The van der Waals surface area contributed by atoms with Gasteiger partial charge in [0.2, 0.25) is 0 Å². The van der Waals surface area contributed by atoms with Gasteiger partial charge in [0.1, 0.15) is 0 Å². The summed E-state index contributed by atoms with van der Waals surface area (Å²) in [5, 5.41) is 0. The fraction of sp³-hybridized carbons (Fsp3) is 0.273. The van der Waals surface area contributed by atoms with Crippen molar-refractivity contribution in [2.45, 2.75) is 20.8 Å². The van der Waals surface area contributed by atoms with Crippen LogP contribution >= 0.6 is 0 Å². The van der Waals surface area contributed by atoms with Crippen molar-refractivity contribution in [1.82, 2.24) is 9.97 Å². The maximum absolute atomic E-state index is 3.09. The smallest absolute Gasteiger partial charge is 0.0144 e. The van der Waals surface area contributed by atoms with E-state index in [1.807, 2.05) is 36.8 Å². The first-order valence-corrected chi connectivity index (χ1v) is 4.13. The van der Waals surface area contributed by atoms with Crippen molar-refractivity contribution in [3.05, 3.63) is 48.5 Å². The van der Waals surface area contributed by atoms with Gasteiger partial charge in [-0.05, 0) is 30.7 Å². The molecule has 72 valence electrons. The Labute approximate surface area is 80.0 Å². The fourth-order valence-electron chi connectivity index (χ4n) is 0.865. The van der Waals surface area contributed by atoms with Gasteiger partial charge in [0.05, 0.1) is 0 Å². The summed E-state index contributed by atoms with van der Waals surface area (Å²) in [7, 11) is 0. The van der Waals surface area contributed by atoms with E-state index >= 15 is 0 Å². The molecule has 2 N–H and O–H groups in total. The van der Waals surface area contributed by atoms with Gasteiger partial charge in [-0.2, -0.15) is 0 Å². The van der Waals surface area contributed by atoms with Crippen molar-refractivity contribution in [1.29, 1.82) is 0 Å². The summed E-state index contributed by atoms with van der Waals surface area (Å²) >= 11 is 0. The van der Waals surface area contributed by atoms with E-state index in [4.69, 9.17) is 0 Å². The van der Waals surface area contributed by atoms with Crippen LogP contribution in [-0.4, -0.2) is 9.97 Å². The summed E-state index contributed by atoms with van der Waals surface area (Å²) in [6.45, 7) is 2.13. The third kappa shape index (κ3) is 4.90. The number of hydrogen-bond donors (Lipinski definition) is 2. The van der Waals surface area contributed by atoms with Crippen LogP contribution in [0.5, 0.6) is 0 Å². The molecule has 0 bridgehead atoms. The number of nitrogens with one attached hydrogen (secondary N) is 2. The van der Waals surface area contributed by atoms with Gasteiger partial charge in [-0.1, -0.05) is 14.4 Å². The predicted octanol–water partition coefficient (Wildman–Crippen LogP) is 3.23. The molecule has 0 spiro atoms. The van der Waals surface area contributed by atoms with E-state index in [0.29, 0.717) is 0 Å². The van der Waals surface area contributed by atoms with Gasteiger partial charge in [0.25, 0.3) is 0 Å². The van der Waals surface area contributed by atoms with Crippen LogP contribution in [0.2, 0.25) is 0 Å². The monoisotopic (exact) mass is 178 g/mol. The summed E-state index contributed by atoms with van der Waals surface area (Å²) < 4.78 is 0. The average molecular weight is 178 g/mol. The van der Waals surface area contributed by atoms with E-state index in [-0.39, 0.29) is 7.43 Å². The van der Waals surface area contributed by atoms with E-state index in [2.05, 4.69) is 23.0 Å². The van der Waals surface area contributed by atoms with Crippen LogP contribution in [0, 0.1) is 0 Å². The molecule has 2 aromatic rings. The van der Waals surface area contributed by atoms with Crippen molar-refractivity contribution >= 4 is 0 Å². The minimum Gasteiger partial charge on any atom is -0.368 e. The first kappa shape index (κ1) is 11.6. The molecule has 0 aliphatic heterocycles. The molecule has 2 heteroatoms. The standard InChI is InChI=1S/C6H9N.C4H5N.CH4/c1-2-6-4-3-5-7-6;1-2-4-5-3-1;/h3-5,7H,2H2,1H3;1-5H;1H4. The van der Waals surface area contributed by atoms with Crippen molar-refractivity contribution in [3.8, 4) is 0 Å². The van der Waals surface area contributed by atoms with Crippen LogP contribution in [0.15, 0.2) is 42.9 Å². The van der Waals surface area contributed by atoms with Crippen LogP contribution in [-0.2, 0) is 6.42 Å². The molecule has 0 unspecified atom stereocenters. The molecule has 0 radical (unpaired) electrons. The molecule has 0 amide bonds. The van der Waals surface area contributed by atoms with Gasteiger partial charge in [0.15, 0.2) is 0 Å². The summed E-state index contributed by atoms with van der Waals surface area (Å²) in [6, 6.07) is 7.98. The molecule has 0 saturated carbocycles.